The van der Waals surface area contributed by atoms with Crippen LogP contribution >= 0.6 is 0 Å². The zero-order chi connectivity index (χ0) is 15.9. The summed E-state index contributed by atoms with van der Waals surface area (Å²) in [5, 5.41) is 2.83. The summed E-state index contributed by atoms with van der Waals surface area (Å²) < 4.78 is 10.9. The van der Waals surface area contributed by atoms with Crippen LogP contribution in [0.15, 0.2) is 18.2 Å². The lowest BCUT2D eigenvalue weighted by atomic mass is 10.1. The Morgan fingerprint density at radius 3 is 2.59 bits per heavy atom. The van der Waals surface area contributed by atoms with Gasteiger partial charge in [-0.15, -0.1) is 0 Å². The van der Waals surface area contributed by atoms with Gasteiger partial charge in [0.15, 0.2) is 17.3 Å². The molecule has 1 N–H and O–H groups in total. The molecule has 0 saturated heterocycles. The highest BCUT2D eigenvalue weighted by Crippen LogP contribution is 2.31. The average Bonchev–Trinajstić information content (AvgIpc) is 2.51. The van der Waals surface area contributed by atoms with Crippen molar-refractivity contribution in [3.8, 4) is 11.5 Å². The van der Waals surface area contributed by atoms with Crippen molar-refractivity contribution in [1.82, 2.24) is 5.32 Å². The van der Waals surface area contributed by atoms with Crippen molar-refractivity contribution >= 4 is 11.7 Å². The average molecular weight is 305 g/mol. The van der Waals surface area contributed by atoms with E-state index in [9.17, 15) is 9.59 Å². The molecule has 1 aromatic rings. The quantitative estimate of drug-likeness (QED) is 0.786. The van der Waals surface area contributed by atoms with Crippen molar-refractivity contribution < 1.29 is 19.1 Å². The Hall–Kier alpha value is -2.04. The van der Waals surface area contributed by atoms with Gasteiger partial charge in [0.25, 0.3) is 0 Å². The number of Topliss-reactive ketones (excluding diaryl/α,β-unsaturated/α-hetero) is 1. The molecule has 1 aliphatic heterocycles. The van der Waals surface area contributed by atoms with E-state index >= 15 is 0 Å². The second kappa shape index (κ2) is 7.82. The van der Waals surface area contributed by atoms with Crippen LogP contribution in [0.25, 0.3) is 0 Å². The molecule has 0 aliphatic carbocycles. The molecule has 1 amide bonds. The lowest BCUT2D eigenvalue weighted by molar-refractivity contribution is -0.121. The van der Waals surface area contributed by atoms with Gasteiger partial charge in [0.1, 0.15) is 13.2 Å². The van der Waals surface area contributed by atoms with E-state index in [0.717, 1.165) is 6.42 Å². The van der Waals surface area contributed by atoms with Gasteiger partial charge in [-0.25, -0.2) is 0 Å². The van der Waals surface area contributed by atoms with Crippen molar-refractivity contribution in [2.75, 3.05) is 19.8 Å². The third-order valence-electron chi connectivity index (χ3n) is 3.49. The minimum atomic E-state index is -0.0773. The molecule has 0 bridgehead atoms. The van der Waals surface area contributed by atoms with E-state index in [1.165, 1.54) is 0 Å². The van der Waals surface area contributed by atoms with Crippen molar-refractivity contribution in [3.05, 3.63) is 23.8 Å². The van der Waals surface area contributed by atoms with Crippen LogP contribution in [-0.2, 0) is 4.79 Å². The predicted octanol–water partition coefficient (Wildman–Crippen LogP) is 2.58. The molecule has 120 valence electrons. The fourth-order valence-corrected chi connectivity index (χ4v) is 2.18. The minimum Gasteiger partial charge on any atom is -0.486 e. The lowest BCUT2D eigenvalue weighted by Crippen LogP contribution is -2.25. The number of hydrogen-bond acceptors (Lipinski definition) is 4. The first-order valence-corrected chi connectivity index (χ1v) is 7.76. The van der Waals surface area contributed by atoms with E-state index < -0.39 is 0 Å². The molecule has 0 saturated carbocycles. The number of amides is 1. The van der Waals surface area contributed by atoms with Gasteiger partial charge in [0.2, 0.25) is 5.91 Å². The Balaban J connectivity index is 1.81. The smallest absolute Gasteiger partial charge is 0.220 e. The largest absolute Gasteiger partial charge is 0.486 e. The second-order valence-electron chi connectivity index (χ2n) is 5.81. The Morgan fingerprint density at radius 2 is 1.86 bits per heavy atom. The van der Waals surface area contributed by atoms with E-state index in [2.05, 4.69) is 19.2 Å². The zero-order valence-corrected chi connectivity index (χ0v) is 13.2. The number of carbonyl (C=O) groups is 2. The molecule has 1 aliphatic rings. The molecule has 0 spiro atoms. The third kappa shape index (κ3) is 4.76. The molecule has 0 fully saturated rings. The van der Waals surface area contributed by atoms with Crippen LogP contribution in [-0.4, -0.2) is 31.4 Å². The van der Waals surface area contributed by atoms with Crippen LogP contribution in [0.3, 0.4) is 0 Å². The monoisotopic (exact) mass is 305 g/mol. The second-order valence-corrected chi connectivity index (χ2v) is 5.81. The number of ether oxygens (including phenoxy) is 2. The summed E-state index contributed by atoms with van der Waals surface area (Å²) >= 11 is 0. The highest BCUT2D eigenvalue weighted by molar-refractivity contribution is 5.98. The highest BCUT2D eigenvalue weighted by atomic mass is 16.6. The summed E-state index contributed by atoms with van der Waals surface area (Å²) in [5.41, 5.74) is 0.555. The Labute approximate surface area is 131 Å². The minimum absolute atomic E-state index is 0.0593. The SMILES string of the molecule is CC(C)CCNC(=O)CCC(=O)c1ccc2c(c1)OCCO2. The summed E-state index contributed by atoms with van der Waals surface area (Å²) in [6.07, 6.45) is 1.36. The van der Waals surface area contributed by atoms with Crippen LogP contribution in [0.2, 0.25) is 0 Å². The van der Waals surface area contributed by atoms with E-state index in [1.54, 1.807) is 18.2 Å². The molecule has 0 atom stereocenters. The van der Waals surface area contributed by atoms with Gasteiger partial charge in [0.05, 0.1) is 0 Å². The summed E-state index contributed by atoms with van der Waals surface area (Å²) in [7, 11) is 0. The molecule has 0 radical (unpaired) electrons. The predicted molar refractivity (Wildman–Crippen MR) is 83.5 cm³/mol. The first-order valence-electron chi connectivity index (χ1n) is 7.76. The maximum atomic E-state index is 12.1. The zero-order valence-electron chi connectivity index (χ0n) is 13.2. The van der Waals surface area contributed by atoms with Crippen LogP contribution < -0.4 is 14.8 Å². The normalized spacial score (nSPS) is 13.0. The van der Waals surface area contributed by atoms with Gasteiger partial charge in [-0.2, -0.15) is 0 Å². The van der Waals surface area contributed by atoms with Crippen LogP contribution in [0.5, 0.6) is 11.5 Å². The maximum Gasteiger partial charge on any atom is 0.220 e. The molecule has 5 nitrogen and oxygen atoms in total. The molecule has 22 heavy (non-hydrogen) atoms. The fourth-order valence-electron chi connectivity index (χ4n) is 2.18. The maximum absolute atomic E-state index is 12.1. The van der Waals surface area contributed by atoms with Gasteiger partial charge in [-0.3, -0.25) is 9.59 Å². The third-order valence-corrected chi connectivity index (χ3v) is 3.49. The van der Waals surface area contributed by atoms with Crippen molar-refractivity contribution in [3.63, 3.8) is 0 Å². The molecule has 5 heteroatoms. The Morgan fingerprint density at radius 1 is 1.14 bits per heavy atom. The van der Waals surface area contributed by atoms with E-state index in [0.29, 0.717) is 42.7 Å². The Kier molecular flexibility index (Phi) is 5.81. The highest BCUT2D eigenvalue weighted by Gasteiger charge is 2.15. The topological polar surface area (TPSA) is 64.6 Å². The van der Waals surface area contributed by atoms with E-state index in [-0.39, 0.29) is 24.5 Å². The molecule has 1 aromatic carbocycles. The summed E-state index contributed by atoms with van der Waals surface area (Å²) in [6.45, 7) is 5.89. The molecule has 0 unspecified atom stereocenters. The molecular weight excluding hydrogens is 282 g/mol. The summed E-state index contributed by atoms with van der Waals surface area (Å²) in [5.74, 6) is 1.68. The number of benzene rings is 1. The number of rotatable bonds is 7. The number of hydrogen-bond donors (Lipinski definition) is 1. The van der Waals surface area contributed by atoms with Crippen LogP contribution in [0.1, 0.15) is 43.5 Å². The van der Waals surface area contributed by atoms with Gasteiger partial charge in [0, 0.05) is 24.9 Å². The van der Waals surface area contributed by atoms with Gasteiger partial charge >= 0.3 is 0 Å². The molecular formula is C17H23NO4. The first-order chi connectivity index (χ1) is 10.6. The summed E-state index contributed by atoms with van der Waals surface area (Å²) in [6, 6.07) is 5.14. The van der Waals surface area contributed by atoms with E-state index in [4.69, 9.17) is 9.47 Å². The molecule has 0 aromatic heterocycles. The van der Waals surface area contributed by atoms with Crippen LogP contribution in [0.4, 0.5) is 0 Å². The summed E-state index contributed by atoms with van der Waals surface area (Å²) in [4.78, 5) is 23.8. The van der Waals surface area contributed by atoms with Gasteiger partial charge in [-0.1, -0.05) is 13.8 Å². The Bertz CT molecular complexity index is 539. The number of carbonyl (C=O) groups excluding carboxylic acids is 2. The number of ketones is 1. The molecule has 2 rings (SSSR count). The number of fused-ring (bicyclic) bond motifs is 1. The van der Waals surface area contributed by atoms with Crippen molar-refractivity contribution in [2.45, 2.75) is 33.1 Å². The first kappa shape index (κ1) is 16.3. The fraction of sp³-hybridized carbons (Fsp3) is 0.529. The van der Waals surface area contributed by atoms with Crippen LogP contribution in [0, 0.1) is 5.92 Å². The van der Waals surface area contributed by atoms with Crippen molar-refractivity contribution in [1.29, 1.82) is 0 Å². The van der Waals surface area contributed by atoms with Gasteiger partial charge in [-0.05, 0) is 30.5 Å². The van der Waals surface area contributed by atoms with Crippen molar-refractivity contribution in [2.24, 2.45) is 5.92 Å². The molecule has 1 heterocycles. The lowest BCUT2D eigenvalue weighted by Gasteiger charge is -2.18. The van der Waals surface area contributed by atoms with Gasteiger partial charge < -0.3 is 14.8 Å². The standard InChI is InChI=1S/C17H23NO4/c1-12(2)7-8-18-17(20)6-4-14(19)13-3-5-15-16(11-13)22-10-9-21-15/h3,5,11-12H,4,6-10H2,1-2H3,(H,18,20). The number of nitrogens with one attached hydrogen (secondary N) is 1. The van der Waals surface area contributed by atoms with E-state index in [1.807, 2.05) is 0 Å².